The van der Waals surface area contributed by atoms with Gasteiger partial charge in [-0.15, -0.1) is 0 Å². The Balaban J connectivity index is 0.00000338. The van der Waals surface area contributed by atoms with E-state index in [9.17, 15) is 0 Å². The minimum absolute atomic E-state index is 0. The highest BCUT2D eigenvalue weighted by Gasteiger charge is 2.37. The Morgan fingerprint density at radius 3 is 2.19 bits per heavy atom. The van der Waals surface area contributed by atoms with Crippen molar-refractivity contribution < 1.29 is 17.3 Å². The highest BCUT2D eigenvalue weighted by Crippen LogP contribution is 2.37. The Hall–Kier alpha value is -0.600. The molecule has 0 fully saturated rings. The number of allylic oxidation sites excluding steroid dienone is 3. The van der Waals surface area contributed by atoms with Gasteiger partial charge in [0.25, 0.3) is 0 Å². The van der Waals surface area contributed by atoms with Crippen molar-refractivity contribution in [2.75, 3.05) is 19.6 Å². The van der Waals surface area contributed by atoms with E-state index in [2.05, 4.69) is 49.5 Å². The van der Waals surface area contributed by atoms with Gasteiger partial charge in [-0.3, -0.25) is 4.90 Å². The summed E-state index contributed by atoms with van der Waals surface area (Å²) in [7, 11) is 0. The smallest absolute Gasteiger partial charge is 0.183 e. The van der Waals surface area contributed by atoms with Gasteiger partial charge in [0.15, 0.2) is 6.34 Å². The standard InChI is InChI=1S/C23H40N2.ClH/c1-3-4-5-6-7-8-9-10-11-13-16-23(17-14-12-15-22(23)2)20-25-19-18-24-21-25;/h12,14-15,17,21-22H,3-11,13,16,18-20H2,1-2H3;1H. The lowest BCUT2D eigenvalue weighted by molar-refractivity contribution is -0.799. The summed E-state index contributed by atoms with van der Waals surface area (Å²) in [5.41, 5.74) is 0.348. The van der Waals surface area contributed by atoms with Crippen LogP contribution in [0, 0.1) is 11.3 Å². The monoisotopic (exact) mass is 380 g/mol. The lowest BCUT2D eigenvalue weighted by Crippen LogP contribution is -3.11. The highest BCUT2D eigenvalue weighted by atomic mass is 35.5. The Morgan fingerprint density at radius 1 is 0.962 bits per heavy atom. The molecule has 1 aliphatic heterocycles. The molecule has 0 bridgehead atoms. The molecule has 0 aromatic heterocycles. The van der Waals surface area contributed by atoms with Crippen LogP contribution in [0.25, 0.3) is 0 Å². The largest absolute Gasteiger partial charge is 1.00 e. The third-order valence-corrected chi connectivity index (χ3v) is 6.23. The van der Waals surface area contributed by atoms with E-state index in [0.29, 0.717) is 11.3 Å². The van der Waals surface area contributed by atoms with Gasteiger partial charge in [-0.25, -0.2) is 4.99 Å². The van der Waals surface area contributed by atoms with Crippen LogP contribution in [0.5, 0.6) is 0 Å². The van der Waals surface area contributed by atoms with Gasteiger partial charge >= 0.3 is 0 Å². The Kier molecular flexibility index (Phi) is 12.2. The molecule has 1 heterocycles. The Labute approximate surface area is 168 Å². The van der Waals surface area contributed by atoms with Crippen LogP contribution in [0.15, 0.2) is 29.3 Å². The molecule has 0 aromatic carbocycles. The van der Waals surface area contributed by atoms with Crippen molar-refractivity contribution >= 4 is 6.34 Å². The van der Waals surface area contributed by atoms with Gasteiger partial charge in [0, 0.05) is 5.41 Å². The molecule has 2 rings (SSSR count). The summed E-state index contributed by atoms with van der Waals surface area (Å²) in [6, 6.07) is 0. The van der Waals surface area contributed by atoms with Crippen LogP contribution in [-0.2, 0) is 0 Å². The lowest BCUT2D eigenvalue weighted by atomic mass is 9.70. The van der Waals surface area contributed by atoms with Crippen molar-refractivity contribution in [2.45, 2.75) is 84.5 Å². The number of rotatable bonds is 13. The zero-order chi connectivity index (χ0) is 17.8. The Bertz CT molecular complexity index is 443. The summed E-state index contributed by atoms with van der Waals surface area (Å²) in [5.74, 6) is 0.651. The van der Waals surface area contributed by atoms with Crippen LogP contribution in [0.2, 0.25) is 0 Å². The maximum Gasteiger partial charge on any atom is 0.183 e. The molecular weight excluding hydrogens is 340 g/mol. The van der Waals surface area contributed by atoms with E-state index in [4.69, 9.17) is 0 Å². The average Bonchev–Trinajstić information content (AvgIpc) is 3.12. The fraction of sp³-hybridized carbons (Fsp3) is 0.783. The summed E-state index contributed by atoms with van der Waals surface area (Å²) in [5, 5.41) is 0. The molecule has 26 heavy (non-hydrogen) atoms. The first kappa shape index (κ1) is 23.4. The first-order chi connectivity index (χ1) is 12.3. The molecular formula is C23H41ClN2. The van der Waals surface area contributed by atoms with Crippen LogP contribution in [0.3, 0.4) is 0 Å². The number of hydrogen-bond acceptors (Lipinski definition) is 1. The van der Waals surface area contributed by atoms with E-state index in [-0.39, 0.29) is 12.4 Å². The highest BCUT2D eigenvalue weighted by molar-refractivity contribution is 5.45. The predicted octanol–water partition coefficient (Wildman–Crippen LogP) is 1.98. The van der Waals surface area contributed by atoms with Gasteiger partial charge in [0.2, 0.25) is 0 Å². The fourth-order valence-electron chi connectivity index (χ4n) is 4.41. The number of hydrogen-bond donors (Lipinski definition) is 1. The second kappa shape index (κ2) is 13.6. The SMILES string of the molecule is CCCCCCCCCCCCC1(C[NH+]2C=NCC2)C=CC=CC1C.[Cl-]. The van der Waals surface area contributed by atoms with E-state index in [1.54, 1.807) is 4.90 Å². The fourth-order valence-corrected chi connectivity index (χ4v) is 4.41. The number of nitrogens with zero attached hydrogens (tertiary/aromatic N) is 1. The van der Waals surface area contributed by atoms with Gasteiger partial charge in [-0.1, -0.05) is 102 Å². The lowest BCUT2D eigenvalue weighted by Gasteiger charge is -2.37. The molecule has 0 radical (unpaired) electrons. The minimum atomic E-state index is 0. The molecule has 0 amide bonds. The van der Waals surface area contributed by atoms with Gasteiger partial charge in [-0.05, 0) is 12.3 Å². The van der Waals surface area contributed by atoms with Crippen LogP contribution in [0.4, 0.5) is 0 Å². The number of halogens is 1. The molecule has 3 atom stereocenters. The van der Waals surface area contributed by atoms with E-state index < -0.39 is 0 Å². The predicted molar refractivity (Wildman–Crippen MR) is 110 cm³/mol. The number of quaternary nitrogens is 1. The minimum Gasteiger partial charge on any atom is -1.00 e. The second-order valence-corrected chi connectivity index (χ2v) is 8.32. The topological polar surface area (TPSA) is 16.8 Å². The summed E-state index contributed by atoms with van der Waals surface area (Å²) in [4.78, 5) is 6.01. The molecule has 1 aliphatic carbocycles. The number of aliphatic imine (C=N–C) groups is 1. The Morgan fingerprint density at radius 2 is 1.62 bits per heavy atom. The maximum atomic E-state index is 4.44. The van der Waals surface area contributed by atoms with Crippen molar-refractivity contribution in [3.63, 3.8) is 0 Å². The van der Waals surface area contributed by atoms with Crippen molar-refractivity contribution in [3.05, 3.63) is 24.3 Å². The van der Waals surface area contributed by atoms with E-state index in [0.717, 1.165) is 6.54 Å². The van der Waals surface area contributed by atoms with Crippen molar-refractivity contribution in [3.8, 4) is 0 Å². The van der Waals surface area contributed by atoms with Crippen LogP contribution < -0.4 is 17.3 Å². The second-order valence-electron chi connectivity index (χ2n) is 8.32. The van der Waals surface area contributed by atoms with E-state index in [1.807, 2.05) is 0 Å². The van der Waals surface area contributed by atoms with Crippen molar-refractivity contribution in [2.24, 2.45) is 16.3 Å². The van der Waals surface area contributed by atoms with Crippen molar-refractivity contribution in [1.29, 1.82) is 0 Å². The molecule has 3 heteroatoms. The third kappa shape index (κ3) is 7.96. The molecule has 3 unspecified atom stereocenters. The number of nitrogens with one attached hydrogen (secondary N) is 1. The summed E-state index contributed by atoms with van der Waals surface area (Å²) >= 11 is 0. The molecule has 0 saturated carbocycles. The third-order valence-electron chi connectivity index (χ3n) is 6.23. The summed E-state index contributed by atoms with van der Waals surface area (Å²) < 4.78 is 0. The molecule has 1 N–H and O–H groups in total. The van der Waals surface area contributed by atoms with Gasteiger partial charge in [0.05, 0.1) is 13.1 Å². The quantitative estimate of drug-likeness (QED) is 0.470. The summed E-state index contributed by atoms with van der Waals surface area (Å²) in [6.07, 6.45) is 27.1. The van der Waals surface area contributed by atoms with Gasteiger partial charge < -0.3 is 12.4 Å². The normalized spacial score (nSPS) is 27.0. The van der Waals surface area contributed by atoms with Crippen LogP contribution in [-0.4, -0.2) is 26.0 Å². The van der Waals surface area contributed by atoms with Gasteiger partial charge in [0.1, 0.15) is 6.54 Å². The maximum absolute atomic E-state index is 4.44. The molecule has 2 aliphatic rings. The van der Waals surface area contributed by atoms with E-state index >= 15 is 0 Å². The number of unbranched alkanes of at least 4 members (excludes halogenated alkanes) is 9. The van der Waals surface area contributed by atoms with Gasteiger partial charge in [-0.2, -0.15) is 0 Å². The molecule has 0 aromatic rings. The molecule has 0 spiro atoms. The first-order valence-corrected chi connectivity index (χ1v) is 11.0. The first-order valence-electron chi connectivity index (χ1n) is 11.0. The molecule has 0 saturated heterocycles. The molecule has 150 valence electrons. The van der Waals surface area contributed by atoms with Crippen LogP contribution >= 0.6 is 0 Å². The zero-order valence-corrected chi connectivity index (χ0v) is 17.9. The summed E-state index contributed by atoms with van der Waals surface area (Å²) in [6.45, 7) is 8.11. The zero-order valence-electron chi connectivity index (χ0n) is 17.2. The van der Waals surface area contributed by atoms with E-state index in [1.165, 1.54) is 83.7 Å². The van der Waals surface area contributed by atoms with Crippen molar-refractivity contribution in [1.82, 2.24) is 0 Å². The van der Waals surface area contributed by atoms with Crippen LogP contribution in [0.1, 0.15) is 84.5 Å². The molecule has 2 nitrogen and oxygen atoms in total. The average molecular weight is 381 g/mol.